The van der Waals surface area contributed by atoms with Gasteiger partial charge in [0.2, 0.25) is 0 Å². The van der Waals surface area contributed by atoms with Crippen LogP contribution in [0.15, 0.2) is 35.7 Å². The normalized spacial score (nSPS) is 18.0. The Bertz CT molecular complexity index is 824. The van der Waals surface area contributed by atoms with Crippen LogP contribution in [-0.4, -0.2) is 61.5 Å². The van der Waals surface area contributed by atoms with Crippen LogP contribution in [0.25, 0.3) is 0 Å². The van der Waals surface area contributed by atoms with Crippen molar-refractivity contribution in [3.05, 3.63) is 46.2 Å². The van der Waals surface area contributed by atoms with Gasteiger partial charge in [-0.25, -0.2) is 4.79 Å². The molecular formula is C22H29N3O4S. The number of carbonyl (C=O) groups excluding carboxylic acids is 1. The van der Waals surface area contributed by atoms with Gasteiger partial charge in [-0.1, -0.05) is 12.1 Å². The number of fused-ring (bicyclic) bond motifs is 1. The number of aliphatic hydroxyl groups excluding tert-OH is 1. The molecule has 2 aliphatic heterocycles. The van der Waals surface area contributed by atoms with Crippen molar-refractivity contribution in [2.24, 2.45) is 0 Å². The van der Waals surface area contributed by atoms with E-state index in [1.807, 2.05) is 29.6 Å². The second kappa shape index (κ2) is 10.1. The molecule has 2 amide bonds. The molecule has 2 atom stereocenters. The lowest BCUT2D eigenvalue weighted by Crippen LogP contribution is -2.50. The number of likely N-dealkylation sites (tertiary alicyclic amines) is 1. The van der Waals surface area contributed by atoms with Gasteiger partial charge in [0.25, 0.3) is 0 Å². The SMILES string of the molecule is O=C(NCCc1cccs1)NC(CN1CCCC1)C(O)c1ccc2c(c1)OCCO2. The van der Waals surface area contributed by atoms with Gasteiger partial charge in [0.1, 0.15) is 19.3 Å². The lowest BCUT2D eigenvalue weighted by Gasteiger charge is -2.29. The predicted octanol–water partition coefficient (Wildman–Crippen LogP) is 2.56. The zero-order chi connectivity index (χ0) is 20.8. The maximum atomic E-state index is 12.5. The Kier molecular flexibility index (Phi) is 7.09. The van der Waals surface area contributed by atoms with Gasteiger partial charge in [-0.2, -0.15) is 0 Å². The van der Waals surface area contributed by atoms with E-state index in [0.29, 0.717) is 43.4 Å². The summed E-state index contributed by atoms with van der Waals surface area (Å²) in [5.74, 6) is 1.32. The van der Waals surface area contributed by atoms with E-state index in [1.54, 1.807) is 11.3 Å². The number of hydrogen-bond donors (Lipinski definition) is 3. The third-order valence-corrected chi connectivity index (χ3v) is 6.43. The Labute approximate surface area is 181 Å². The van der Waals surface area contributed by atoms with Crippen LogP contribution in [0.3, 0.4) is 0 Å². The average Bonchev–Trinajstić information content (AvgIpc) is 3.47. The van der Waals surface area contributed by atoms with Gasteiger partial charge in [0, 0.05) is 18.0 Å². The van der Waals surface area contributed by atoms with Gasteiger partial charge >= 0.3 is 6.03 Å². The molecule has 0 spiro atoms. The first-order valence-electron chi connectivity index (χ1n) is 10.6. The molecule has 3 N–H and O–H groups in total. The van der Waals surface area contributed by atoms with E-state index >= 15 is 0 Å². The fourth-order valence-corrected chi connectivity index (χ4v) is 4.63. The van der Waals surface area contributed by atoms with E-state index in [4.69, 9.17) is 9.47 Å². The van der Waals surface area contributed by atoms with Crippen molar-refractivity contribution < 1.29 is 19.4 Å². The monoisotopic (exact) mass is 431 g/mol. The van der Waals surface area contributed by atoms with Crippen LogP contribution in [0, 0.1) is 0 Å². The van der Waals surface area contributed by atoms with Crippen molar-refractivity contribution in [1.29, 1.82) is 0 Å². The zero-order valence-electron chi connectivity index (χ0n) is 17.0. The molecular weight excluding hydrogens is 402 g/mol. The largest absolute Gasteiger partial charge is 0.486 e. The van der Waals surface area contributed by atoms with Crippen molar-refractivity contribution in [2.75, 3.05) is 39.4 Å². The summed E-state index contributed by atoms with van der Waals surface area (Å²) in [6, 6.07) is 8.86. The molecule has 1 fully saturated rings. The molecule has 162 valence electrons. The summed E-state index contributed by atoms with van der Waals surface area (Å²) in [6.07, 6.45) is 2.26. The summed E-state index contributed by atoms with van der Waals surface area (Å²) in [4.78, 5) is 16.1. The maximum absolute atomic E-state index is 12.5. The summed E-state index contributed by atoms with van der Waals surface area (Å²) in [5, 5.41) is 19.0. The fraction of sp³-hybridized carbons (Fsp3) is 0.500. The number of amides is 2. The Morgan fingerprint density at radius 3 is 2.73 bits per heavy atom. The van der Waals surface area contributed by atoms with Gasteiger partial charge in [0.15, 0.2) is 11.5 Å². The molecule has 4 rings (SSSR count). The van der Waals surface area contributed by atoms with Gasteiger partial charge in [-0.05, 0) is 61.5 Å². The molecule has 0 bridgehead atoms. The molecule has 2 aliphatic rings. The quantitative estimate of drug-likeness (QED) is 0.598. The molecule has 2 unspecified atom stereocenters. The predicted molar refractivity (Wildman–Crippen MR) is 116 cm³/mol. The Morgan fingerprint density at radius 2 is 1.97 bits per heavy atom. The number of aliphatic hydroxyl groups is 1. The molecule has 0 saturated carbocycles. The highest BCUT2D eigenvalue weighted by Crippen LogP contribution is 2.33. The molecule has 0 radical (unpaired) electrons. The van der Waals surface area contributed by atoms with Crippen LogP contribution < -0.4 is 20.1 Å². The summed E-state index contributed by atoms with van der Waals surface area (Å²) in [5.41, 5.74) is 0.710. The van der Waals surface area contributed by atoms with E-state index in [2.05, 4.69) is 21.6 Å². The number of rotatable bonds is 8. The number of nitrogens with one attached hydrogen (secondary N) is 2. The number of carbonyl (C=O) groups is 1. The van der Waals surface area contributed by atoms with Crippen molar-refractivity contribution in [1.82, 2.24) is 15.5 Å². The number of thiophene rings is 1. The summed E-state index contributed by atoms with van der Waals surface area (Å²) >= 11 is 1.68. The van der Waals surface area contributed by atoms with Crippen LogP contribution in [0.5, 0.6) is 11.5 Å². The topological polar surface area (TPSA) is 83.1 Å². The van der Waals surface area contributed by atoms with E-state index in [0.717, 1.165) is 32.4 Å². The molecule has 1 aromatic heterocycles. The van der Waals surface area contributed by atoms with Gasteiger partial charge in [0.05, 0.1) is 6.04 Å². The molecule has 7 nitrogen and oxygen atoms in total. The van der Waals surface area contributed by atoms with Gasteiger partial charge < -0.3 is 30.1 Å². The molecule has 8 heteroatoms. The van der Waals surface area contributed by atoms with Gasteiger partial charge in [-0.15, -0.1) is 11.3 Å². The highest BCUT2D eigenvalue weighted by Gasteiger charge is 2.27. The smallest absolute Gasteiger partial charge is 0.315 e. The second-order valence-corrected chi connectivity index (χ2v) is 8.72. The van der Waals surface area contributed by atoms with Crippen molar-refractivity contribution in [3.8, 4) is 11.5 Å². The third kappa shape index (κ3) is 5.44. The molecule has 0 aliphatic carbocycles. The Morgan fingerprint density at radius 1 is 1.17 bits per heavy atom. The average molecular weight is 432 g/mol. The van der Waals surface area contributed by atoms with E-state index in [-0.39, 0.29) is 6.03 Å². The van der Waals surface area contributed by atoms with Crippen LogP contribution in [0.1, 0.15) is 29.4 Å². The molecule has 2 aromatic rings. The fourth-order valence-electron chi connectivity index (χ4n) is 3.92. The van der Waals surface area contributed by atoms with Crippen LogP contribution >= 0.6 is 11.3 Å². The summed E-state index contributed by atoms with van der Waals surface area (Å²) < 4.78 is 11.2. The third-order valence-electron chi connectivity index (χ3n) is 5.50. The number of urea groups is 1. The van der Waals surface area contributed by atoms with Crippen LogP contribution in [0.4, 0.5) is 4.79 Å². The Balaban J connectivity index is 1.39. The molecule has 1 aromatic carbocycles. The molecule has 1 saturated heterocycles. The minimum atomic E-state index is -0.843. The maximum Gasteiger partial charge on any atom is 0.315 e. The summed E-state index contributed by atoms with van der Waals surface area (Å²) in [6.45, 7) is 4.17. The second-order valence-electron chi connectivity index (χ2n) is 7.69. The number of nitrogens with zero attached hydrogens (tertiary/aromatic N) is 1. The highest BCUT2D eigenvalue weighted by molar-refractivity contribution is 7.09. The number of benzene rings is 1. The highest BCUT2D eigenvalue weighted by atomic mass is 32.1. The van der Waals surface area contributed by atoms with E-state index in [9.17, 15) is 9.90 Å². The Hall–Kier alpha value is -2.29. The first-order valence-corrected chi connectivity index (χ1v) is 11.4. The van der Waals surface area contributed by atoms with Crippen molar-refractivity contribution >= 4 is 17.4 Å². The molecule has 30 heavy (non-hydrogen) atoms. The lowest BCUT2D eigenvalue weighted by molar-refractivity contribution is 0.108. The van der Waals surface area contributed by atoms with E-state index < -0.39 is 12.1 Å². The minimum Gasteiger partial charge on any atom is -0.486 e. The summed E-state index contributed by atoms with van der Waals surface area (Å²) in [7, 11) is 0. The molecule has 3 heterocycles. The zero-order valence-corrected chi connectivity index (χ0v) is 17.8. The van der Waals surface area contributed by atoms with Gasteiger partial charge in [-0.3, -0.25) is 0 Å². The van der Waals surface area contributed by atoms with E-state index in [1.165, 1.54) is 4.88 Å². The first-order chi connectivity index (χ1) is 14.7. The standard InChI is InChI=1S/C22H29N3O4S/c26-21(16-5-6-19-20(14-16)29-12-11-28-19)18(15-25-9-1-2-10-25)24-22(27)23-8-7-17-4-3-13-30-17/h3-6,13-14,18,21,26H,1-2,7-12,15H2,(H2,23,24,27). The first kappa shape index (κ1) is 21.0. The number of ether oxygens (including phenoxy) is 2. The lowest BCUT2D eigenvalue weighted by atomic mass is 10.0. The van der Waals surface area contributed by atoms with Crippen molar-refractivity contribution in [3.63, 3.8) is 0 Å². The van der Waals surface area contributed by atoms with Crippen LogP contribution in [0.2, 0.25) is 0 Å². The van der Waals surface area contributed by atoms with Crippen LogP contribution in [-0.2, 0) is 6.42 Å². The number of hydrogen-bond acceptors (Lipinski definition) is 6. The van der Waals surface area contributed by atoms with Crippen molar-refractivity contribution in [2.45, 2.75) is 31.4 Å². The minimum absolute atomic E-state index is 0.257.